The predicted molar refractivity (Wildman–Crippen MR) is 108 cm³/mol. The number of rotatable bonds is 6. The normalized spacial score (nSPS) is 12.8. The van der Waals surface area contributed by atoms with E-state index in [0.29, 0.717) is 23.0 Å². The van der Waals surface area contributed by atoms with Gasteiger partial charge in [-0.2, -0.15) is 18.2 Å². The number of aromatic nitrogens is 4. The molecule has 30 heavy (non-hydrogen) atoms. The van der Waals surface area contributed by atoms with Gasteiger partial charge in [-0.3, -0.25) is 0 Å². The number of alkyl halides is 3. The summed E-state index contributed by atoms with van der Waals surface area (Å²) in [6.45, 7) is 0.660. The van der Waals surface area contributed by atoms with Crippen molar-refractivity contribution in [3.63, 3.8) is 0 Å². The molecular weight excluding hydrogens is 413 g/mol. The average molecular weight is 430 g/mol. The van der Waals surface area contributed by atoms with Crippen LogP contribution in [0.3, 0.4) is 0 Å². The standard InChI is InChI=1S/C21H17F3N4OS/c1-14(19-26-18(27-29-19)16-10-6-3-7-11-16)30-20-25-12-17(15-8-4-2-5-9-15)28(20)13-21(22,23)24/h2-12,14H,13H2,1H3. The van der Waals surface area contributed by atoms with Crippen molar-refractivity contribution < 1.29 is 17.7 Å². The smallest absolute Gasteiger partial charge is 0.338 e. The maximum atomic E-state index is 13.2. The fourth-order valence-electron chi connectivity index (χ4n) is 2.94. The Morgan fingerprint density at radius 3 is 2.27 bits per heavy atom. The molecule has 0 aliphatic heterocycles. The van der Waals surface area contributed by atoms with Crippen molar-refractivity contribution in [3.8, 4) is 22.6 Å². The maximum absolute atomic E-state index is 13.2. The van der Waals surface area contributed by atoms with Gasteiger partial charge in [0.25, 0.3) is 0 Å². The fraction of sp³-hybridized carbons (Fsp3) is 0.190. The second-order valence-corrected chi connectivity index (χ2v) is 7.88. The Bertz CT molecular complexity index is 1110. The fourth-order valence-corrected chi connectivity index (χ4v) is 3.85. The Kier molecular flexibility index (Phi) is 5.63. The van der Waals surface area contributed by atoms with Crippen LogP contribution in [0.2, 0.25) is 0 Å². The van der Waals surface area contributed by atoms with Crippen molar-refractivity contribution in [2.24, 2.45) is 0 Å². The van der Waals surface area contributed by atoms with Crippen LogP contribution in [0.1, 0.15) is 18.1 Å². The van der Waals surface area contributed by atoms with Gasteiger partial charge >= 0.3 is 6.18 Å². The van der Waals surface area contributed by atoms with Crippen molar-refractivity contribution in [1.29, 1.82) is 0 Å². The predicted octanol–water partition coefficient (Wildman–Crippen LogP) is 6.02. The third-order valence-corrected chi connectivity index (χ3v) is 5.42. The third kappa shape index (κ3) is 4.56. The molecular formula is C21H17F3N4OS. The average Bonchev–Trinajstić information content (AvgIpc) is 3.36. The molecule has 9 heteroatoms. The summed E-state index contributed by atoms with van der Waals surface area (Å²) in [7, 11) is 0. The summed E-state index contributed by atoms with van der Waals surface area (Å²) in [5.41, 5.74) is 1.87. The van der Waals surface area contributed by atoms with E-state index in [9.17, 15) is 13.2 Å². The highest BCUT2D eigenvalue weighted by atomic mass is 32.2. The number of halogens is 3. The first-order valence-electron chi connectivity index (χ1n) is 9.14. The van der Waals surface area contributed by atoms with Crippen LogP contribution in [0, 0.1) is 0 Å². The maximum Gasteiger partial charge on any atom is 0.406 e. The van der Waals surface area contributed by atoms with Gasteiger partial charge in [0.2, 0.25) is 11.7 Å². The molecule has 2 aromatic heterocycles. The molecule has 0 aliphatic carbocycles. The zero-order valence-electron chi connectivity index (χ0n) is 15.9. The topological polar surface area (TPSA) is 56.7 Å². The molecule has 0 bridgehead atoms. The Morgan fingerprint density at radius 1 is 1.00 bits per heavy atom. The molecule has 2 heterocycles. The zero-order valence-corrected chi connectivity index (χ0v) is 16.7. The molecule has 154 valence electrons. The molecule has 4 aromatic rings. The van der Waals surface area contributed by atoms with Gasteiger partial charge in [0, 0.05) is 5.56 Å². The molecule has 0 spiro atoms. The molecule has 0 saturated heterocycles. The van der Waals surface area contributed by atoms with Crippen LogP contribution in [0.4, 0.5) is 13.2 Å². The van der Waals surface area contributed by atoms with Crippen LogP contribution in [0.15, 0.2) is 76.5 Å². The SMILES string of the molecule is CC(Sc1ncc(-c2ccccc2)n1CC(F)(F)F)c1nc(-c2ccccc2)no1. The Hall–Kier alpha value is -3.07. The minimum Gasteiger partial charge on any atom is -0.338 e. The van der Waals surface area contributed by atoms with Crippen LogP contribution in [-0.4, -0.2) is 25.9 Å². The van der Waals surface area contributed by atoms with E-state index in [1.165, 1.54) is 10.8 Å². The van der Waals surface area contributed by atoms with Crippen molar-refractivity contribution in [2.75, 3.05) is 0 Å². The molecule has 0 N–H and O–H groups in total. The number of thioether (sulfide) groups is 1. The van der Waals surface area contributed by atoms with Crippen LogP contribution < -0.4 is 0 Å². The van der Waals surface area contributed by atoms with Crippen molar-refractivity contribution in [1.82, 2.24) is 19.7 Å². The summed E-state index contributed by atoms with van der Waals surface area (Å²) in [6.07, 6.45) is -2.92. The Balaban J connectivity index is 1.61. The lowest BCUT2D eigenvalue weighted by Crippen LogP contribution is -2.19. The summed E-state index contributed by atoms with van der Waals surface area (Å²) in [5.74, 6) is 0.753. The second-order valence-electron chi connectivity index (χ2n) is 6.58. The number of benzene rings is 2. The molecule has 4 rings (SSSR count). The van der Waals surface area contributed by atoms with Crippen molar-refractivity contribution in [3.05, 3.63) is 72.8 Å². The Labute approximate surface area is 175 Å². The van der Waals surface area contributed by atoms with E-state index in [2.05, 4.69) is 15.1 Å². The number of nitrogens with zero attached hydrogens (tertiary/aromatic N) is 4. The molecule has 5 nitrogen and oxygen atoms in total. The first-order valence-corrected chi connectivity index (χ1v) is 10.0. The van der Waals surface area contributed by atoms with Crippen LogP contribution >= 0.6 is 11.8 Å². The number of hydrogen-bond donors (Lipinski definition) is 0. The highest BCUT2D eigenvalue weighted by molar-refractivity contribution is 7.99. The highest BCUT2D eigenvalue weighted by Gasteiger charge is 2.31. The van der Waals surface area contributed by atoms with Gasteiger partial charge in [-0.15, -0.1) is 0 Å². The molecule has 0 aliphatic rings. The Morgan fingerprint density at radius 2 is 1.63 bits per heavy atom. The van der Waals surface area contributed by atoms with E-state index in [-0.39, 0.29) is 10.4 Å². The molecule has 1 unspecified atom stereocenters. The molecule has 0 radical (unpaired) electrons. The molecule has 1 atom stereocenters. The van der Waals surface area contributed by atoms with Gasteiger partial charge in [-0.1, -0.05) is 77.6 Å². The lowest BCUT2D eigenvalue weighted by Gasteiger charge is -2.15. The first kappa shape index (κ1) is 20.2. The molecule has 2 aromatic carbocycles. The van der Waals surface area contributed by atoms with Gasteiger partial charge in [-0.25, -0.2) is 4.98 Å². The van der Waals surface area contributed by atoms with Gasteiger partial charge in [0.05, 0.1) is 17.1 Å². The lowest BCUT2D eigenvalue weighted by atomic mass is 10.2. The third-order valence-electron chi connectivity index (χ3n) is 4.33. The number of hydrogen-bond acceptors (Lipinski definition) is 5. The summed E-state index contributed by atoms with van der Waals surface area (Å²) < 4.78 is 46.3. The van der Waals surface area contributed by atoms with Gasteiger partial charge in [0.1, 0.15) is 6.54 Å². The summed E-state index contributed by atoms with van der Waals surface area (Å²) in [4.78, 5) is 8.63. The first-order chi connectivity index (χ1) is 14.4. The summed E-state index contributed by atoms with van der Waals surface area (Å²) >= 11 is 1.14. The van der Waals surface area contributed by atoms with E-state index in [1.54, 1.807) is 31.2 Å². The molecule has 0 fully saturated rings. The van der Waals surface area contributed by atoms with Crippen LogP contribution in [0.25, 0.3) is 22.6 Å². The minimum absolute atomic E-state index is 0.234. The van der Waals surface area contributed by atoms with Gasteiger partial charge < -0.3 is 9.09 Å². The summed E-state index contributed by atoms with van der Waals surface area (Å²) in [5, 5.41) is 3.83. The van der Waals surface area contributed by atoms with Crippen LogP contribution in [-0.2, 0) is 6.54 Å². The van der Waals surface area contributed by atoms with E-state index < -0.39 is 12.7 Å². The quantitative estimate of drug-likeness (QED) is 0.350. The van der Waals surface area contributed by atoms with E-state index in [0.717, 1.165) is 17.3 Å². The zero-order chi connectivity index (χ0) is 21.1. The lowest BCUT2D eigenvalue weighted by molar-refractivity contribution is -0.141. The van der Waals surface area contributed by atoms with E-state index in [1.807, 2.05) is 36.4 Å². The van der Waals surface area contributed by atoms with Crippen LogP contribution in [0.5, 0.6) is 0 Å². The van der Waals surface area contributed by atoms with Crippen molar-refractivity contribution in [2.45, 2.75) is 30.1 Å². The van der Waals surface area contributed by atoms with Gasteiger partial charge in [0.15, 0.2) is 5.16 Å². The monoisotopic (exact) mass is 430 g/mol. The van der Waals surface area contributed by atoms with E-state index >= 15 is 0 Å². The molecule has 0 saturated carbocycles. The summed E-state index contributed by atoms with van der Waals surface area (Å²) in [6, 6.07) is 18.2. The van der Waals surface area contributed by atoms with Gasteiger partial charge in [-0.05, 0) is 12.5 Å². The van der Waals surface area contributed by atoms with E-state index in [4.69, 9.17) is 4.52 Å². The van der Waals surface area contributed by atoms with Crippen molar-refractivity contribution >= 4 is 11.8 Å². The largest absolute Gasteiger partial charge is 0.406 e. The minimum atomic E-state index is -4.38. The number of imidazole rings is 1. The second kappa shape index (κ2) is 8.35. The molecule has 0 amide bonds. The highest BCUT2D eigenvalue weighted by Crippen LogP contribution is 2.37.